The molecule has 0 fully saturated rings. The summed E-state index contributed by atoms with van der Waals surface area (Å²) in [6.07, 6.45) is 0. The first-order valence-corrected chi connectivity index (χ1v) is 4.74. The minimum Gasteiger partial charge on any atom is -0.110 e. The van der Waals surface area contributed by atoms with Crippen LogP contribution in [0.3, 0.4) is 0 Å². The molecule has 0 atom stereocenters. The summed E-state index contributed by atoms with van der Waals surface area (Å²) in [5.41, 5.74) is 0. The fraction of sp³-hybridized carbons (Fsp3) is 1.00. The van der Waals surface area contributed by atoms with Crippen LogP contribution in [0.4, 0.5) is 0 Å². The van der Waals surface area contributed by atoms with E-state index in [1.165, 1.54) is 6.04 Å². The number of hydrogen-bond acceptors (Lipinski definition) is 0. The predicted octanol–water partition coefficient (Wildman–Crippen LogP) is 1.35. The summed E-state index contributed by atoms with van der Waals surface area (Å²) in [6.45, 7) is 2.12. The fourth-order valence-electron chi connectivity index (χ4n) is 0.218. The van der Waals surface area contributed by atoms with E-state index >= 15 is 0 Å². The van der Waals surface area contributed by atoms with E-state index in [9.17, 15) is 0 Å². The molecule has 0 aliphatic rings. The van der Waals surface area contributed by atoms with Gasteiger partial charge in [0.05, 0.1) is 14.0 Å². The molecule has 0 aliphatic heterocycles. The second-order valence-corrected chi connectivity index (χ2v) is 5.89. The summed E-state index contributed by atoms with van der Waals surface area (Å²) in [6, 6.07) is 1.21. The highest BCUT2D eigenvalue weighted by Crippen LogP contribution is 1.99. The van der Waals surface area contributed by atoms with E-state index in [2.05, 4.69) is 6.92 Å². The smallest absolute Gasteiger partial charge is 0.0907 e. The molecule has 0 heterocycles. The van der Waals surface area contributed by atoms with E-state index in [4.69, 9.17) is 23.2 Å². The lowest BCUT2D eigenvalue weighted by Gasteiger charge is -1.89. The van der Waals surface area contributed by atoms with Crippen LogP contribution >= 0.6 is 23.2 Å². The summed E-state index contributed by atoms with van der Waals surface area (Å²) in [4.78, 5) is 0. The molecule has 0 aromatic rings. The van der Waals surface area contributed by atoms with Crippen molar-refractivity contribution >= 4 is 32.7 Å². The summed E-state index contributed by atoms with van der Waals surface area (Å²) in [7, 11) is -0.113. The number of halogens is 2. The van der Waals surface area contributed by atoms with Crippen molar-refractivity contribution in [3.8, 4) is 0 Å². The highest BCUT2D eigenvalue weighted by molar-refractivity contribution is 6.68. The largest absolute Gasteiger partial charge is 0.110 e. The van der Waals surface area contributed by atoms with Gasteiger partial charge in [0.25, 0.3) is 0 Å². The number of rotatable bonds is 2. The summed E-state index contributed by atoms with van der Waals surface area (Å²) >= 11 is 10.8. The van der Waals surface area contributed by atoms with E-state index in [1.807, 2.05) is 0 Å². The van der Waals surface area contributed by atoms with Crippen LogP contribution in [-0.4, -0.2) is 14.0 Å². The number of alkyl halides is 2. The second kappa shape index (κ2) is 3.97. The minimum atomic E-state index is -0.113. The van der Waals surface area contributed by atoms with E-state index in [-0.39, 0.29) is 14.0 Å². The Bertz CT molecular complexity index is 30.0. The van der Waals surface area contributed by atoms with Crippen molar-refractivity contribution in [2.45, 2.75) is 17.4 Å². The lowest BCUT2D eigenvalue weighted by atomic mass is 11.0. The molecule has 3 heteroatoms. The van der Waals surface area contributed by atoms with Gasteiger partial charge in [-0.15, -0.1) is 23.2 Å². The first kappa shape index (κ1) is 6.80. The van der Waals surface area contributed by atoms with Crippen LogP contribution in [-0.2, 0) is 0 Å². The van der Waals surface area contributed by atoms with Crippen LogP contribution in [0.5, 0.6) is 0 Å². The van der Waals surface area contributed by atoms with Gasteiger partial charge in [0.15, 0.2) is 0 Å². The maximum Gasteiger partial charge on any atom is 0.0907 e. The molecule has 0 saturated heterocycles. The highest BCUT2D eigenvalue weighted by Gasteiger charge is 1.92. The molecule has 0 spiro atoms. The van der Waals surface area contributed by atoms with Crippen molar-refractivity contribution in [2.75, 3.05) is 0 Å². The normalized spacial score (nSPS) is 12.0. The lowest BCUT2D eigenvalue weighted by Crippen LogP contribution is -1.96. The zero-order chi connectivity index (χ0) is 4.99. The molecule has 0 amide bonds. The van der Waals surface area contributed by atoms with E-state index in [0.717, 1.165) is 0 Å². The molecule has 0 saturated carbocycles. The topological polar surface area (TPSA) is 0 Å². The van der Waals surface area contributed by atoms with Crippen molar-refractivity contribution in [2.24, 2.45) is 0 Å². The fourth-order valence-corrected chi connectivity index (χ4v) is 1.96. The van der Waals surface area contributed by atoms with Crippen LogP contribution in [0.15, 0.2) is 0 Å². The van der Waals surface area contributed by atoms with Crippen LogP contribution in [0, 0.1) is 0 Å². The molecular weight excluding hydrogens is 135 g/mol. The molecule has 0 radical (unpaired) electrons. The third-order valence-corrected chi connectivity index (χ3v) is 2.83. The van der Waals surface area contributed by atoms with Crippen LogP contribution in [0.2, 0.25) is 6.04 Å². The standard InChI is InChI=1S/C3H8Cl2Si/c1-2-6-3(4)5/h3H,2,6H2,1H3. The monoisotopic (exact) mass is 142 g/mol. The maximum atomic E-state index is 5.41. The molecule has 0 aromatic heterocycles. The molecular formula is C3H8Cl2Si. The number of hydrogen-bond donors (Lipinski definition) is 0. The third kappa shape index (κ3) is 4.80. The Kier molecular flexibility index (Phi) is 4.50. The van der Waals surface area contributed by atoms with Crippen molar-refractivity contribution in [1.82, 2.24) is 0 Å². The van der Waals surface area contributed by atoms with Gasteiger partial charge in [-0.1, -0.05) is 13.0 Å². The van der Waals surface area contributed by atoms with Crippen LogP contribution in [0.1, 0.15) is 6.92 Å². The van der Waals surface area contributed by atoms with Gasteiger partial charge in [-0.05, 0) is 0 Å². The second-order valence-electron chi connectivity index (χ2n) is 1.18. The van der Waals surface area contributed by atoms with Crippen molar-refractivity contribution < 1.29 is 0 Å². The average Bonchev–Trinajstić information content (AvgIpc) is 1.35. The van der Waals surface area contributed by atoms with E-state index < -0.39 is 0 Å². The van der Waals surface area contributed by atoms with Crippen molar-refractivity contribution in [1.29, 1.82) is 0 Å². The van der Waals surface area contributed by atoms with Gasteiger partial charge >= 0.3 is 0 Å². The molecule has 0 unspecified atom stereocenters. The molecule has 6 heavy (non-hydrogen) atoms. The maximum absolute atomic E-state index is 5.41. The zero-order valence-electron chi connectivity index (χ0n) is 3.75. The first-order chi connectivity index (χ1) is 2.77. The Labute approximate surface area is 50.7 Å². The van der Waals surface area contributed by atoms with Gasteiger partial charge in [-0.2, -0.15) is 0 Å². The lowest BCUT2D eigenvalue weighted by molar-refractivity contribution is 1.44. The third-order valence-electron chi connectivity index (χ3n) is 0.507. The predicted molar refractivity (Wildman–Crippen MR) is 34.5 cm³/mol. The van der Waals surface area contributed by atoms with Gasteiger partial charge in [0.1, 0.15) is 0 Å². The van der Waals surface area contributed by atoms with Gasteiger partial charge in [-0.3, -0.25) is 0 Å². The van der Waals surface area contributed by atoms with Crippen LogP contribution in [0.25, 0.3) is 0 Å². The molecule has 38 valence electrons. The molecule has 0 nitrogen and oxygen atoms in total. The van der Waals surface area contributed by atoms with Gasteiger partial charge in [0.2, 0.25) is 0 Å². The minimum absolute atomic E-state index is 0.0185. The Hall–Kier alpha value is 0.797. The Balaban J connectivity index is 2.63. The average molecular weight is 143 g/mol. The molecule has 0 aromatic carbocycles. The molecule has 0 N–H and O–H groups in total. The van der Waals surface area contributed by atoms with Crippen molar-refractivity contribution in [3.63, 3.8) is 0 Å². The zero-order valence-corrected chi connectivity index (χ0v) is 6.67. The van der Waals surface area contributed by atoms with Crippen molar-refractivity contribution in [3.05, 3.63) is 0 Å². The molecule has 0 aliphatic carbocycles. The summed E-state index contributed by atoms with van der Waals surface area (Å²) in [5, 5.41) is 0. The van der Waals surface area contributed by atoms with Gasteiger partial charge in [-0.25, -0.2) is 0 Å². The van der Waals surface area contributed by atoms with Crippen LogP contribution < -0.4 is 0 Å². The quantitative estimate of drug-likeness (QED) is 0.404. The van der Waals surface area contributed by atoms with E-state index in [0.29, 0.717) is 0 Å². The summed E-state index contributed by atoms with van der Waals surface area (Å²) < 4.78 is -0.0185. The van der Waals surface area contributed by atoms with Gasteiger partial charge in [0, 0.05) is 0 Å². The van der Waals surface area contributed by atoms with E-state index in [1.54, 1.807) is 0 Å². The van der Waals surface area contributed by atoms with Gasteiger partial charge < -0.3 is 0 Å². The molecule has 0 bridgehead atoms. The molecule has 0 rings (SSSR count). The summed E-state index contributed by atoms with van der Waals surface area (Å²) in [5.74, 6) is 0. The Morgan fingerprint density at radius 3 is 2.17 bits per heavy atom. The highest BCUT2D eigenvalue weighted by atomic mass is 35.5. The SMILES string of the molecule is CC[SiH2]C(Cl)Cl. The Morgan fingerprint density at radius 1 is 1.67 bits per heavy atom. The first-order valence-electron chi connectivity index (χ1n) is 2.05. The Morgan fingerprint density at radius 2 is 2.17 bits per heavy atom.